The predicted molar refractivity (Wildman–Crippen MR) is 95.7 cm³/mol. The van der Waals surface area contributed by atoms with Crippen molar-refractivity contribution in [3.63, 3.8) is 0 Å². The van der Waals surface area contributed by atoms with Crippen molar-refractivity contribution < 1.29 is 0 Å². The van der Waals surface area contributed by atoms with Gasteiger partial charge in [-0.15, -0.1) is 23.2 Å². The molecular weight excluding hydrogens is 341 g/mol. The lowest BCUT2D eigenvalue weighted by atomic mass is 10.2. The number of alkyl halides is 2. The van der Waals surface area contributed by atoms with E-state index in [-0.39, 0.29) is 0 Å². The number of benzene rings is 2. The van der Waals surface area contributed by atoms with E-state index >= 15 is 0 Å². The highest BCUT2D eigenvalue weighted by molar-refractivity contribution is 6.30. The minimum atomic E-state index is 0.564. The zero-order valence-corrected chi connectivity index (χ0v) is 14.2. The lowest BCUT2D eigenvalue weighted by Gasteiger charge is -2.22. The molecule has 3 nitrogen and oxygen atoms in total. The van der Waals surface area contributed by atoms with Crippen molar-refractivity contribution in [1.29, 1.82) is 0 Å². The zero-order chi connectivity index (χ0) is 15.8. The summed E-state index contributed by atoms with van der Waals surface area (Å²) in [6, 6.07) is 15.1. The van der Waals surface area contributed by atoms with Gasteiger partial charge >= 0.3 is 0 Å². The molecule has 2 aromatic rings. The molecule has 0 N–H and O–H groups in total. The van der Waals surface area contributed by atoms with Crippen molar-refractivity contribution in [2.45, 2.75) is 0 Å². The first-order valence-electron chi connectivity index (χ1n) is 6.87. The smallest absolute Gasteiger partial charge is 0.0858 e. The van der Waals surface area contributed by atoms with E-state index in [4.69, 9.17) is 34.8 Å². The van der Waals surface area contributed by atoms with Crippen LogP contribution in [0.5, 0.6) is 0 Å². The first-order chi connectivity index (χ1) is 10.7. The highest BCUT2D eigenvalue weighted by Gasteiger charge is 2.04. The standard InChI is InChI=1S/C16H16Cl3N3/c17-9-11-22(12-10-18)16-7-5-15(6-8-16)21-20-14-3-1-13(19)2-4-14/h1-8H,9-12H2. The molecule has 0 radical (unpaired) electrons. The van der Waals surface area contributed by atoms with Crippen LogP contribution < -0.4 is 4.90 Å². The average molecular weight is 357 g/mol. The second-order valence-electron chi connectivity index (χ2n) is 4.56. The Bertz CT molecular complexity index is 591. The SMILES string of the molecule is ClCCN(CCCl)c1ccc(N=Nc2ccc(Cl)cc2)cc1. The van der Waals surface area contributed by atoms with Crippen molar-refractivity contribution in [2.75, 3.05) is 29.7 Å². The predicted octanol–water partition coefficient (Wildman–Crippen LogP) is 6.04. The minimum absolute atomic E-state index is 0.564. The third-order valence-corrected chi connectivity index (χ3v) is 3.62. The summed E-state index contributed by atoms with van der Waals surface area (Å²) in [6.07, 6.45) is 0. The van der Waals surface area contributed by atoms with E-state index in [1.54, 1.807) is 12.1 Å². The second kappa shape index (κ2) is 8.99. The number of azo groups is 1. The van der Waals surface area contributed by atoms with Crippen molar-refractivity contribution in [3.05, 3.63) is 53.6 Å². The molecule has 0 heterocycles. The molecule has 0 aliphatic carbocycles. The number of nitrogens with zero attached hydrogens (tertiary/aromatic N) is 3. The van der Waals surface area contributed by atoms with Crippen LogP contribution in [0.1, 0.15) is 0 Å². The molecule has 0 aromatic heterocycles. The largest absolute Gasteiger partial charge is 0.369 e. The number of hydrogen-bond acceptors (Lipinski definition) is 3. The summed E-state index contributed by atoms with van der Waals surface area (Å²) in [7, 11) is 0. The molecule has 0 unspecified atom stereocenters. The van der Waals surface area contributed by atoms with Gasteiger partial charge in [-0.1, -0.05) is 11.6 Å². The highest BCUT2D eigenvalue weighted by Crippen LogP contribution is 2.23. The maximum absolute atomic E-state index is 5.83. The fourth-order valence-corrected chi connectivity index (χ4v) is 2.46. The van der Waals surface area contributed by atoms with Gasteiger partial charge in [0.05, 0.1) is 11.4 Å². The topological polar surface area (TPSA) is 28.0 Å². The molecule has 2 rings (SSSR count). The molecule has 6 heteroatoms. The molecule has 22 heavy (non-hydrogen) atoms. The Hall–Kier alpha value is -1.29. The van der Waals surface area contributed by atoms with Gasteiger partial charge in [0.15, 0.2) is 0 Å². The van der Waals surface area contributed by atoms with Crippen molar-refractivity contribution >= 4 is 51.9 Å². The first-order valence-corrected chi connectivity index (χ1v) is 8.32. The van der Waals surface area contributed by atoms with E-state index in [0.29, 0.717) is 16.8 Å². The molecule has 0 bridgehead atoms. The maximum atomic E-state index is 5.83. The van der Waals surface area contributed by atoms with Gasteiger partial charge in [-0.2, -0.15) is 10.2 Å². The number of rotatable bonds is 7. The summed E-state index contributed by atoms with van der Waals surface area (Å²) >= 11 is 17.5. The van der Waals surface area contributed by atoms with Gasteiger partial charge in [0.1, 0.15) is 0 Å². The zero-order valence-electron chi connectivity index (χ0n) is 11.9. The highest BCUT2D eigenvalue weighted by atomic mass is 35.5. The molecule has 0 atom stereocenters. The van der Waals surface area contributed by atoms with E-state index in [2.05, 4.69) is 15.1 Å². The van der Waals surface area contributed by atoms with Crippen LogP contribution >= 0.6 is 34.8 Å². The molecule has 0 saturated carbocycles. The van der Waals surface area contributed by atoms with Crippen molar-refractivity contribution in [2.24, 2.45) is 10.2 Å². The number of halogens is 3. The summed E-state index contributed by atoms with van der Waals surface area (Å²) in [5.41, 5.74) is 2.63. The molecule has 2 aromatic carbocycles. The molecule has 0 aliphatic rings. The quantitative estimate of drug-likeness (QED) is 0.439. The van der Waals surface area contributed by atoms with Crippen molar-refractivity contribution in [1.82, 2.24) is 0 Å². The summed E-state index contributed by atoms with van der Waals surface area (Å²) < 4.78 is 0. The molecule has 116 valence electrons. The first kappa shape index (κ1) is 17.1. The monoisotopic (exact) mass is 355 g/mol. The van der Waals surface area contributed by atoms with Crippen LogP contribution in [0, 0.1) is 0 Å². The third kappa shape index (κ3) is 5.16. The Kier molecular flexibility index (Phi) is 6.97. The summed E-state index contributed by atoms with van der Waals surface area (Å²) in [5, 5.41) is 9.07. The van der Waals surface area contributed by atoms with E-state index < -0.39 is 0 Å². The van der Waals surface area contributed by atoms with E-state index in [0.717, 1.165) is 30.2 Å². The summed E-state index contributed by atoms with van der Waals surface area (Å²) in [6.45, 7) is 1.53. The van der Waals surface area contributed by atoms with Gasteiger partial charge in [0, 0.05) is 35.6 Å². The summed E-state index contributed by atoms with van der Waals surface area (Å²) in [4.78, 5) is 2.14. The van der Waals surface area contributed by atoms with Crippen LogP contribution in [0.3, 0.4) is 0 Å². The Balaban J connectivity index is 2.06. The lowest BCUT2D eigenvalue weighted by Crippen LogP contribution is -2.27. The van der Waals surface area contributed by atoms with Gasteiger partial charge in [-0.25, -0.2) is 0 Å². The van der Waals surface area contributed by atoms with Crippen LogP contribution in [0.2, 0.25) is 5.02 Å². The Morgan fingerprint density at radius 3 is 1.64 bits per heavy atom. The Labute approximate surface area is 145 Å². The van der Waals surface area contributed by atoms with Gasteiger partial charge in [-0.3, -0.25) is 0 Å². The Morgan fingerprint density at radius 1 is 0.727 bits per heavy atom. The second-order valence-corrected chi connectivity index (χ2v) is 5.75. The van der Waals surface area contributed by atoms with Crippen molar-refractivity contribution in [3.8, 4) is 0 Å². The van der Waals surface area contributed by atoms with Crippen LogP contribution in [-0.4, -0.2) is 24.8 Å². The van der Waals surface area contributed by atoms with Gasteiger partial charge in [0.25, 0.3) is 0 Å². The fourth-order valence-electron chi connectivity index (χ4n) is 1.93. The molecule has 0 spiro atoms. The third-order valence-electron chi connectivity index (χ3n) is 3.03. The number of anilines is 1. The molecule has 0 amide bonds. The molecular formula is C16H16Cl3N3. The Morgan fingerprint density at radius 2 is 1.18 bits per heavy atom. The van der Waals surface area contributed by atoms with Crippen LogP contribution in [0.4, 0.5) is 17.1 Å². The van der Waals surface area contributed by atoms with Crippen LogP contribution in [0.25, 0.3) is 0 Å². The maximum Gasteiger partial charge on any atom is 0.0858 e. The molecule has 0 aliphatic heterocycles. The molecule has 0 fully saturated rings. The van der Waals surface area contributed by atoms with E-state index in [1.807, 2.05) is 36.4 Å². The van der Waals surface area contributed by atoms with E-state index in [1.165, 1.54) is 0 Å². The fraction of sp³-hybridized carbons (Fsp3) is 0.250. The minimum Gasteiger partial charge on any atom is -0.369 e. The lowest BCUT2D eigenvalue weighted by molar-refractivity contribution is 0.874. The van der Waals surface area contributed by atoms with Crippen LogP contribution in [-0.2, 0) is 0 Å². The van der Waals surface area contributed by atoms with Gasteiger partial charge in [0.2, 0.25) is 0 Å². The summed E-state index contributed by atoms with van der Waals surface area (Å²) in [5.74, 6) is 1.13. The normalized spacial score (nSPS) is 11.0. The van der Waals surface area contributed by atoms with Gasteiger partial charge in [-0.05, 0) is 48.5 Å². The number of hydrogen-bond donors (Lipinski definition) is 0. The average Bonchev–Trinajstić information content (AvgIpc) is 2.55. The molecule has 0 saturated heterocycles. The van der Waals surface area contributed by atoms with Crippen LogP contribution in [0.15, 0.2) is 58.8 Å². The van der Waals surface area contributed by atoms with E-state index in [9.17, 15) is 0 Å². The van der Waals surface area contributed by atoms with Gasteiger partial charge < -0.3 is 4.90 Å².